The molecule has 0 saturated carbocycles. The number of anilines is 1. The zero-order chi connectivity index (χ0) is 23.7. The van der Waals surface area contributed by atoms with Crippen LogP contribution in [0, 0.1) is 5.82 Å². The van der Waals surface area contributed by atoms with E-state index >= 15 is 0 Å². The predicted molar refractivity (Wildman–Crippen MR) is 127 cm³/mol. The first-order chi connectivity index (χ1) is 15.8. The number of carbonyl (C=O) groups is 1. The summed E-state index contributed by atoms with van der Waals surface area (Å²) in [5.41, 5.74) is 0.400. The Bertz CT molecular complexity index is 1480. The van der Waals surface area contributed by atoms with Gasteiger partial charge in [0, 0.05) is 19.1 Å². The zero-order valence-electron chi connectivity index (χ0n) is 17.7. The van der Waals surface area contributed by atoms with Crippen molar-refractivity contribution in [1.29, 1.82) is 0 Å². The summed E-state index contributed by atoms with van der Waals surface area (Å²) in [4.78, 5) is 42.2. The zero-order valence-corrected chi connectivity index (χ0v) is 19.3. The van der Waals surface area contributed by atoms with E-state index in [2.05, 4.69) is 10.3 Å². The second-order valence-electron chi connectivity index (χ2n) is 7.30. The van der Waals surface area contributed by atoms with Gasteiger partial charge < -0.3 is 9.88 Å². The van der Waals surface area contributed by atoms with E-state index in [0.717, 1.165) is 21.9 Å². The first-order valence-electron chi connectivity index (χ1n) is 9.84. The third kappa shape index (κ3) is 4.57. The van der Waals surface area contributed by atoms with Crippen molar-refractivity contribution in [3.05, 3.63) is 85.8 Å². The van der Waals surface area contributed by atoms with Crippen molar-refractivity contribution in [2.45, 2.75) is 11.7 Å². The van der Waals surface area contributed by atoms with Crippen LogP contribution in [-0.4, -0.2) is 30.3 Å². The molecule has 33 heavy (non-hydrogen) atoms. The Morgan fingerprint density at radius 1 is 1.09 bits per heavy atom. The Labute approximate surface area is 196 Å². The molecule has 0 aliphatic heterocycles. The Kier molecular flexibility index (Phi) is 6.39. The number of aromatic nitrogens is 4. The van der Waals surface area contributed by atoms with E-state index in [0.29, 0.717) is 10.2 Å². The molecule has 1 N–H and O–H groups in total. The number of fused-ring (bicyclic) bond motifs is 1. The van der Waals surface area contributed by atoms with Crippen LogP contribution in [0.3, 0.4) is 0 Å². The van der Waals surface area contributed by atoms with Crippen molar-refractivity contribution in [2.24, 2.45) is 14.1 Å². The molecule has 0 fully saturated rings. The molecule has 170 valence electrons. The van der Waals surface area contributed by atoms with Gasteiger partial charge in [-0.05, 0) is 29.8 Å². The lowest BCUT2D eigenvalue weighted by Crippen LogP contribution is -2.37. The summed E-state index contributed by atoms with van der Waals surface area (Å²) in [5, 5.41) is 3.48. The minimum Gasteiger partial charge on any atom is -0.323 e. The molecule has 0 spiro atoms. The SMILES string of the molecule is Cn1c(=O)c2c(nc(SCC(=O)Nc3ccccc3F)n2Cc2ccc(Cl)cc2)n(C)c1=O. The van der Waals surface area contributed by atoms with Crippen LogP contribution in [0.2, 0.25) is 5.02 Å². The third-order valence-corrected chi connectivity index (χ3v) is 6.28. The Morgan fingerprint density at radius 2 is 1.79 bits per heavy atom. The number of benzene rings is 2. The lowest BCUT2D eigenvalue weighted by atomic mass is 10.2. The molecule has 0 bridgehead atoms. The molecule has 2 heterocycles. The first kappa shape index (κ1) is 22.8. The number of carbonyl (C=O) groups excluding carboxylic acids is 1. The van der Waals surface area contributed by atoms with Crippen molar-refractivity contribution in [2.75, 3.05) is 11.1 Å². The van der Waals surface area contributed by atoms with E-state index in [1.54, 1.807) is 22.8 Å². The van der Waals surface area contributed by atoms with E-state index in [9.17, 15) is 18.8 Å². The molecule has 8 nitrogen and oxygen atoms in total. The fourth-order valence-electron chi connectivity index (χ4n) is 3.33. The van der Waals surface area contributed by atoms with E-state index in [1.807, 2.05) is 12.1 Å². The molecular formula is C22H19ClFN5O3S. The predicted octanol–water partition coefficient (Wildman–Crippen LogP) is 3.01. The molecular weight excluding hydrogens is 469 g/mol. The number of amides is 1. The normalized spacial score (nSPS) is 11.2. The monoisotopic (exact) mass is 487 g/mol. The molecule has 0 radical (unpaired) electrons. The van der Waals surface area contributed by atoms with Crippen molar-refractivity contribution < 1.29 is 9.18 Å². The summed E-state index contributed by atoms with van der Waals surface area (Å²) >= 11 is 7.07. The maximum atomic E-state index is 13.8. The van der Waals surface area contributed by atoms with E-state index in [4.69, 9.17) is 11.6 Å². The van der Waals surface area contributed by atoms with Gasteiger partial charge in [0.1, 0.15) is 5.82 Å². The van der Waals surface area contributed by atoms with E-state index < -0.39 is 23.0 Å². The Balaban J connectivity index is 1.71. The molecule has 0 atom stereocenters. The van der Waals surface area contributed by atoms with Crippen LogP contribution in [0.5, 0.6) is 0 Å². The average Bonchev–Trinajstić information content (AvgIpc) is 3.16. The number of para-hydroxylation sites is 1. The fraction of sp³-hybridized carbons (Fsp3) is 0.182. The lowest BCUT2D eigenvalue weighted by Gasteiger charge is -2.10. The van der Waals surface area contributed by atoms with Crippen LogP contribution in [0.25, 0.3) is 11.2 Å². The van der Waals surface area contributed by atoms with Crippen LogP contribution < -0.4 is 16.6 Å². The van der Waals surface area contributed by atoms with Crippen LogP contribution in [0.15, 0.2) is 63.3 Å². The highest BCUT2D eigenvalue weighted by atomic mass is 35.5. The van der Waals surface area contributed by atoms with Crippen molar-refractivity contribution in [3.63, 3.8) is 0 Å². The van der Waals surface area contributed by atoms with E-state index in [-0.39, 0.29) is 29.1 Å². The summed E-state index contributed by atoms with van der Waals surface area (Å²) in [5.74, 6) is -1.05. The van der Waals surface area contributed by atoms with Gasteiger partial charge in [-0.3, -0.25) is 18.7 Å². The van der Waals surface area contributed by atoms with Crippen LogP contribution in [0.1, 0.15) is 5.56 Å². The van der Waals surface area contributed by atoms with Gasteiger partial charge in [-0.1, -0.05) is 47.6 Å². The molecule has 0 aliphatic carbocycles. The smallest absolute Gasteiger partial charge is 0.323 e. The third-order valence-electron chi connectivity index (χ3n) is 5.05. The summed E-state index contributed by atoms with van der Waals surface area (Å²) < 4.78 is 17.8. The minimum absolute atomic E-state index is 0.0768. The molecule has 11 heteroatoms. The van der Waals surface area contributed by atoms with Gasteiger partial charge in [0.25, 0.3) is 5.56 Å². The van der Waals surface area contributed by atoms with Gasteiger partial charge in [0.15, 0.2) is 16.3 Å². The molecule has 0 aliphatic rings. The molecule has 0 saturated heterocycles. The highest BCUT2D eigenvalue weighted by molar-refractivity contribution is 7.99. The summed E-state index contributed by atoms with van der Waals surface area (Å²) in [7, 11) is 2.93. The first-order valence-corrected chi connectivity index (χ1v) is 11.2. The highest BCUT2D eigenvalue weighted by Gasteiger charge is 2.20. The number of thioether (sulfide) groups is 1. The number of nitrogens with zero attached hydrogens (tertiary/aromatic N) is 4. The van der Waals surface area contributed by atoms with Gasteiger partial charge >= 0.3 is 5.69 Å². The summed E-state index contributed by atoms with van der Waals surface area (Å²) in [6.07, 6.45) is 0. The number of imidazole rings is 1. The van der Waals surface area contributed by atoms with Crippen LogP contribution in [0.4, 0.5) is 10.1 Å². The number of hydrogen-bond acceptors (Lipinski definition) is 5. The topological polar surface area (TPSA) is 90.9 Å². The number of rotatable bonds is 6. The molecule has 0 unspecified atom stereocenters. The molecule has 4 rings (SSSR count). The van der Waals surface area contributed by atoms with Gasteiger partial charge in [0.05, 0.1) is 18.0 Å². The second-order valence-corrected chi connectivity index (χ2v) is 8.68. The van der Waals surface area contributed by atoms with Crippen molar-refractivity contribution in [1.82, 2.24) is 18.7 Å². The fourth-order valence-corrected chi connectivity index (χ4v) is 4.26. The largest absolute Gasteiger partial charge is 0.332 e. The number of nitrogens with one attached hydrogen (secondary N) is 1. The molecule has 2 aromatic heterocycles. The van der Waals surface area contributed by atoms with Gasteiger partial charge in [-0.2, -0.15) is 0 Å². The van der Waals surface area contributed by atoms with Crippen molar-refractivity contribution >= 4 is 46.1 Å². The number of aryl methyl sites for hydroxylation is 1. The second kappa shape index (κ2) is 9.24. The molecule has 4 aromatic rings. The number of hydrogen-bond donors (Lipinski definition) is 1. The van der Waals surface area contributed by atoms with Crippen molar-refractivity contribution in [3.8, 4) is 0 Å². The number of halogens is 2. The summed E-state index contributed by atoms with van der Waals surface area (Å²) in [6, 6.07) is 13.0. The van der Waals surface area contributed by atoms with Gasteiger partial charge in [-0.15, -0.1) is 0 Å². The lowest BCUT2D eigenvalue weighted by molar-refractivity contribution is -0.113. The summed E-state index contributed by atoms with van der Waals surface area (Å²) in [6.45, 7) is 0.276. The Hall–Kier alpha value is -3.37. The quantitative estimate of drug-likeness (QED) is 0.422. The molecule has 2 aromatic carbocycles. The average molecular weight is 488 g/mol. The van der Waals surface area contributed by atoms with Crippen LogP contribution in [-0.2, 0) is 25.4 Å². The van der Waals surface area contributed by atoms with Gasteiger partial charge in [0.2, 0.25) is 5.91 Å². The Morgan fingerprint density at radius 3 is 2.48 bits per heavy atom. The van der Waals surface area contributed by atoms with Gasteiger partial charge in [-0.25, -0.2) is 14.2 Å². The van der Waals surface area contributed by atoms with E-state index in [1.165, 1.54) is 36.9 Å². The minimum atomic E-state index is -0.538. The maximum absolute atomic E-state index is 13.8. The molecule has 1 amide bonds. The highest BCUT2D eigenvalue weighted by Crippen LogP contribution is 2.24. The standard InChI is InChI=1S/C22H19ClFN5O3S/c1-27-19-18(20(31)28(2)22(27)32)29(11-13-7-9-14(23)10-8-13)21(26-19)33-12-17(30)25-16-6-4-3-5-15(16)24/h3-10H,11-12H2,1-2H3,(H,25,30). The maximum Gasteiger partial charge on any atom is 0.332 e. The van der Waals surface area contributed by atoms with Crippen LogP contribution >= 0.6 is 23.4 Å².